The molecule has 0 amide bonds. The maximum Gasteiger partial charge on any atom is 0.297 e. The van der Waals surface area contributed by atoms with Crippen molar-refractivity contribution in [3.05, 3.63) is 60.7 Å². The summed E-state index contributed by atoms with van der Waals surface area (Å²) in [5.41, 5.74) is 0. The van der Waals surface area contributed by atoms with Crippen LogP contribution in [0.3, 0.4) is 0 Å². The van der Waals surface area contributed by atoms with E-state index in [0.29, 0.717) is 66.1 Å². The van der Waals surface area contributed by atoms with E-state index in [0.717, 1.165) is 5.75 Å². The van der Waals surface area contributed by atoms with E-state index in [1.807, 2.05) is 30.3 Å². The molecule has 0 N–H and O–H groups in total. The van der Waals surface area contributed by atoms with Gasteiger partial charge in [-0.1, -0.05) is 36.4 Å². The van der Waals surface area contributed by atoms with E-state index in [1.54, 1.807) is 18.2 Å². The van der Waals surface area contributed by atoms with Gasteiger partial charge in [0.25, 0.3) is 10.1 Å². The Hall–Kier alpha value is -2.05. The Labute approximate surface area is 201 Å². The molecule has 2 rings (SSSR count). The van der Waals surface area contributed by atoms with Gasteiger partial charge in [-0.2, -0.15) is 8.42 Å². The second kappa shape index (κ2) is 18.3. The smallest absolute Gasteiger partial charge is 0.297 e. The second-order valence-electron chi connectivity index (χ2n) is 6.81. The molecule has 0 bridgehead atoms. The number of hydrogen-bond donors (Lipinski definition) is 0. The molecule has 0 atom stereocenters. The largest absolute Gasteiger partial charge is 0.491 e. The van der Waals surface area contributed by atoms with E-state index in [9.17, 15) is 8.42 Å². The van der Waals surface area contributed by atoms with Crippen molar-refractivity contribution >= 4 is 10.1 Å². The Balaban J connectivity index is 1.26. The minimum Gasteiger partial charge on any atom is -0.491 e. The highest BCUT2D eigenvalue weighted by Crippen LogP contribution is 2.10. The van der Waals surface area contributed by atoms with Gasteiger partial charge in [0.1, 0.15) is 12.4 Å². The Kier molecular flexibility index (Phi) is 15.2. The Morgan fingerprint density at radius 2 is 0.853 bits per heavy atom. The average molecular weight is 499 g/mol. The van der Waals surface area contributed by atoms with Crippen LogP contribution in [-0.2, 0) is 38.0 Å². The summed E-state index contributed by atoms with van der Waals surface area (Å²) >= 11 is 0. The minimum atomic E-state index is -3.74. The maximum atomic E-state index is 11.9. The summed E-state index contributed by atoms with van der Waals surface area (Å²) in [6.07, 6.45) is 0. The number of para-hydroxylation sites is 1. The van der Waals surface area contributed by atoms with Crippen molar-refractivity contribution in [2.45, 2.75) is 4.90 Å². The summed E-state index contributed by atoms with van der Waals surface area (Å²) in [5.74, 6) is 0.831. The second-order valence-corrected chi connectivity index (χ2v) is 8.43. The first-order valence-corrected chi connectivity index (χ1v) is 12.6. The van der Waals surface area contributed by atoms with Gasteiger partial charge in [0.05, 0.1) is 77.6 Å². The fraction of sp³-hybridized carbons (Fsp3) is 0.500. The minimum absolute atomic E-state index is 0.0488. The summed E-state index contributed by atoms with van der Waals surface area (Å²) in [7, 11) is -3.74. The molecule has 0 aliphatic rings. The van der Waals surface area contributed by atoms with Crippen LogP contribution in [0.5, 0.6) is 5.75 Å². The van der Waals surface area contributed by atoms with E-state index in [1.165, 1.54) is 12.1 Å². The van der Waals surface area contributed by atoms with Gasteiger partial charge in [-0.05, 0) is 24.3 Å². The van der Waals surface area contributed by atoms with Gasteiger partial charge in [-0.3, -0.25) is 4.18 Å². The third-order valence-electron chi connectivity index (χ3n) is 4.23. The molecule has 0 aliphatic carbocycles. The summed E-state index contributed by atoms with van der Waals surface area (Å²) < 4.78 is 61.2. The topological polar surface area (TPSA) is 98.8 Å². The predicted molar refractivity (Wildman–Crippen MR) is 126 cm³/mol. The molecule has 9 nitrogen and oxygen atoms in total. The van der Waals surface area contributed by atoms with Gasteiger partial charge in [0.2, 0.25) is 0 Å². The lowest BCUT2D eigenvalue weighted by Gasteiger charge is -2.09. The van der Waals surface area contributed by atoms with Gasteiger partial charge in [0.15, 0.2) is 0 Å². The molecular weight excluding hydrogens is 464 g/mol. The van der Waals surface area contributed by atoms with Crippen LogP contribution < -0.4 is 4.74 Å². The molecule has 0 saturated carbocycles. The molecule has 34 heavy (non-hydrogen) atoms. The number of hydrogen-bond acceptors (Lipinski definition) is 9. The van der Waals surface area contributed by atoms with Gasteiger partial charge in [-0.25, -0.2) is 0 Å². The zero-order chi connectivity index (χ0) is 24.2. The number of benzene rings is 2. The first kappa shape index (κ1) is 28.2. The summed E-state index contributed by atoms with van der Waals surface area (Å²) in [4.78, 5) is 0.127. The van der Waals surface area contributed by atoms with Gasteiger partial charge >= 0.3 is 0 Å². The monoisotopic (exact) mass is 498 g/mol. The van der Waals surface area contributed by atoms with E-state index in [2.05, 4.69) is 0 Å². The fourth-order valence-electron chi connectivity index (χ4n) is 2.57. The van der Waals surface area contributed by atoms with Crippen LogP contribution in [0, 0.1) is 0 Å². The maximum absolute atomic E-state index is 11.9. The van der Waals surface area contributed by atoms with Gasteiger partial charge in [0, 0.05) is 0 Å². The third-order valence-corrected chi connectivity index (χ3v) is 5.55. The molecule has 0 radical (unpaired) electrons. The van der Waals surface area contributed by atoms with Crippen molar-refractivity contribution < 1.29 is 41.0 Å². The molecular formula is C24H34O9S. The molecule has 0 aromatic heterocycles. The van der Waals surface area contributed by atoms with Gasteiger partial charge < -0.3 is 28.4 Å². The van der Waals surface area contributed by atoms with E-state index in [-0.39, 0.29) is 18.1 Å². The van der Waals surface area contributed by atoms with Crippen molar-refractivity contribution in [2.75, 3.05) is 79.3 Å². The van der Waals surface area contributed by atoms with Crippen LogP contribution in [0.4, 0.5) is 0 Å². The number of rotatable bonds is 21. The zero-order valence-electron chi connectivity index (χ0n) is 19.3. The third kappa shape index (κ3) is 13.6. The molecule has 190 valence electrons. The number of ether oxygens (including phenoxy) is 6. The molecule has 0 unspecified atom stereocenters. The van der Waals surface area contributed by atoms with E-state index in [4.69, 9.17) is 32.6 Å². The quantitative estimate of drug-likeness (QED) is 0.190. The molecule has 0 aliphatic heterocycles. The van der Waals surface area contributed by atoms with Crippen molar-refractivity contribution in [2.24, 2.45) is 0 Å². The summed E-state index contributed by atoms with van der Waals surface area (Å²) in [6, 6.07) is 17.6. The van der Waals surface area contributed by atoms with Crippen LogP contribution in [0.15, 0.2) is 65.6 Å². The first-order valence-electron chi connectivity index (χ1n) is 11.2. The van der Waals surface area contributed by atoms with Crippen LogP contribution in [0.1, 0.15) is 0 Å². The Morgan fingerprint density at radius 3 is 1.32 bits per heavy atom. The molecule has 10 heteroatoms. The van der Waals surface area contributed by atoms with Crippen molar-refractivity contribution in [3.63, 3.8) is 0 Å². The first-order chi connectivity index (χ1) is 16.7. The van der Waals surface area contributed by atoms with Crippen molar-refractivity contribution in [1.82, 2.24) is 0 Å². The van der Waals surface area contributed by atoms with E-state index < -0.39 is 10.1 Å². The van der Waals surface area contributed by atoms with Crippen molar-refractivity contribution in [1.29, 1.82) is 0 Å². The van der Waals surface area contributed by atoms with Gasteiger partial charge in [-0.15, -0.1) is 0 Å². The highest BCUT2D eigenvalue weighted by molar-refractivity contribution is 7.86. The summed E-state index contributed by atoms with van der Waals surface area (Å²) in [6.45, 7) is 4.71. The lowest BCUT2D eigenvalue weighted by atomic mass is 10.3. The highest BCUT2D eigenvalue weighted by Gasteiger charge is 2.13. The normalized spacial score (nSPS) is 11.5. The average Bonchev–Trinajstić information content (AvgIpc) is 2.86. The Morgan fingerprint density at radius 1 is 0.471 bits per heavy atom. The molecule has 0 heterocycles. The van der Waals surface area contributed by atoms with Crippen LogP contribution in [0.25, 0.3) is 0 Å². The molecule has 0 spiro atoms. The fourth-order valence-corrected chi connectivity index (χ4v) is 3.49. The zero-order valence-corrected chi connectivity index (χ0v) is 20.2. The highest BCUT2D eigenvalue weighted by atomic mass is 32.2. The standard InChI is InChI=1S/C24H34O9S/c25-34(26,24-9-5-2-6-10-24)33-22-20-31-18-16-29-14-12-27-11-13-28-15-17-30-19-21-32-23-7-3-1-4-8-23/h1-10H,11-22H2. The molecule has 2 aromatic carbocycles. The van der Waals surface area contributed by atoms with Crippen molar-refractivity contribution in [3.8, 4) is 5.75 Å². The van der Waals surface area contributed by atoms with Crippen LogP contribution in [0.2, 0.25) is 0 Å². The molecule has 0 saturated heterocycles. The van der Waals surface area contributed by atoms with Crippen LogP contribution in [-0.4, -0.2) is 87.7 Å². The SMILES string of the molecule is O=S(=O)(OCCOCCOCCOCCOCCOCCOc1ccccc1)c1ccccc1. The van der Waals surface area contributed by atoms with E-state index >= 15 is 0 Å². The molecule has 0 fully saturated rings. The summed E-state index contributed by atoms with van der Waals surface area (Å²) in [5, 5.41) is 0. The molecule has 2 aromatic rings. The predicted octanol–water partition coefficient (Wildman–Crippen LogP) is 2.55. The lowest BCUT2D eigenvalue weighted by molar-refractivity contribution is -0.0140. The van der Waals surface area contributed by atoms with Crippen LogP contribution >= 0.6 is 0 Å². The lowest BCUT2D eigenvalue weighted by Crippen LogP contribution is -2.15. The Bertz CT molecular complexity index is 832.